The minimum absolute atomic E-state index is 0.922. The van der Waals surface area contributed by atoms with Crippen molar-refractivity contribution in [2.45, 2.75) is 32.6 Å². The van der Waals surface area contributed by atoms with Gasteiger partial charge in [0.2, 0.25) is 0 Å². The monoisotopic (exact) mass is 159 g/mol. The lowest BCUT2D eigenvalue weighted by atomic mass is 9.84. The Morgan fingerprint density at radius 1 is 1.30 bits per heavy atom. The zero-order valence-electron chi connectivity index (χ0n) is 6.68. The highest BCUT2D eigenvalue weighted by Gasteiger charge is 2.17. The van der Waals surface area contributed by atoms with Crippen LogP contribution in [0.25, 0.3) is 0 Å². The van der Waals surface area contributed by atoms with Gasteiger partial charge >= 0.3 is 0 Å². The van der Waals surface area contributed by atoms with Gasteiger partial charge in [-0.1, -0.05) is 31.7 Å². The van der Waals surface area contributed by atoms with Crippen LogP contribution in [0.4, 0.5) is 0 Å². The van der Waals surface area contributed by atoms with E-state index in [0.717, 1.165) is 11.8 Å². The van der Waals surface area contributed by atoms with Gasteiger partial charge < -0.3 is 0 Å². The van der Waals surface area contributed by atoms with E-state index >= 15 is 0 Å². The van der Waals surface area contributed by atoms with Crippen LogP contribution in [0.1, 0.15) is 32.6 Å². The average molecular weight is 159 g/mol. The molecular weight excluding hydrogens is 142 g/mol. The van der Waals surface area contributed by atoms with Gasteiger partial charge in [0, 0.05) is 5.75 Å². The molecule has 0 saturated heterocycles. The van der Waals surface area contributed by atoms with Crippen LogP contribution in [0.5, 0.6) is 0 Å². The summed E-state index contributed by atoms with van der Waals surface area (Å²) in [5, 5.41) is 5.41. The maximum atomic E-state index is 5.41. The molecule has 1 saturated carbocycles. The molecule has 1 aliphatic carbocycles. The summed E-state index contributed by atoms with van der Waals surface area (Å²) >= 11 is 1.51. The number of rotatable bonds is 2. The summed E-state index contributed by atoms with van der Waals surface area (Å²) in [7, 11) is 0. The van der Waals surface area contributed by atoms with Crippen molar-refractivity contribution in [2.75, 3.05) is 5.75 Å². The molecule has 1 nitrogen and oxygen atoms in total. The molecular formula is C8H17NS. The molecule has 1 fully saturated rings. The Hall–Kier alpha value is 0.310. The molecule has 1 rings (SSSR count). The van der Waals surface area contributed by atoms with Crippen molar-refractivity contribution in [3.63, 3.8) is 0 Å². The summed E-state index contributed by atoms with van der Waals surface area (Å²) in [5.74, 6) is 3.07. The van der Waals surface area contributed by atoms with Gasteiger partial charge in [-0.2, -0.15) is 0 Å². The second kappa shape index (κ2) is 4.24. The first-order valence-electron chi connectivity index (χ1n) is 4.14. The van der Waals surface area contributed by atoms with Gasteiger partial charge in [-0.15, -0.1) is 0 Å². The van der Waals surface area contributed by atoms with Gasteiger partial charge in [0.1, 0.15) is 0 Å². The number of hydrogen-bond donors (Lipinski definition) is 1. The first-order valence-corrected chi connectivity index (χ1v) is 5.19. The fourth-order valence-electron chi connectivity index (χ4n) is 1.63. The molecule has 0 bridgehead atoms. The fraction of sp³-hybridized carbons (Fsp3) is 1.00. The van der Waals surface area contributed by atoms with E-state index in [0.29, 0.717) is 0 Å². The quantitative estimate of drug-likeness (QED) is 0.626. The predicted octanol–water partition coefficient (Wildman–Crippen LogP) is 2.42. The second-order valence-electron chi connectivity index (χ2n) is 3.46. The van der Waals surface area contributed by atoms with Crippen molar-refractivity contribution >= 4 is 11.9 Å². The van der Waals surface area contributed by atoms with Crippen LogP contribution in [0, 0.1) is 11.8 Å². The molecule has 2 heteroatoms. The maximum Gasteiger partial charge on any atom is 0.0105 e. The van der Waals surface area contributed by atoms with Crippen LogP contribution in [0.2, 0.25) is 0 Å². The predicted molar refractivity (Wildman–Crippen MR) is 47.8 cm³/mol. The summed E-state index contributed by atoms with van der Waals surface area (Å²) < 4.78 is 0. The van der Waals surface area contributed by atoms with Crippen LogP contribution >= 0.6 is 11.9 Å². The highest BCUT2D eigenvalue weighted by atomic mass is 32.2. The average Bonchev–Trinajstić information content (AvgIpc) is 1.95. The minimum atomic E-state index is 0.922. The second-order valence-corrected chi connectivity index (χ2v) is 4.13. The molecule has 10 heavy (non-hydrogen) atoms. The van der Waals surface area contributed by atoms with Gasteiger partial charge in [-0.25, -0.2) is 0 Å². The third-order valence-electron chi connectivity index (χ3n) is 2.47. The summed E-state index contributed by atoms with van der Waals surface area (Å²) in [6.45, 7) is 2.35. The maximum absolute atomic E-state index is 5.41. The topological polar surface area (TPSA) is 26.0 Å². The largest absolute Gasteiger partial charge is 0.278 e. The molecule has 0 amide bonds. The molecule has 0 unspecified atom stereocenters. The van der Waals surface area contributed by atoms with E-state index in [9.17, 15) is 0 Å². The van der Waals surface area contributed by atoms with E-state index in [4.69, 9.17) is 5.14 Å². The Balaban J connectivity index is 2.13. The third-order valence-corrected chi connectivity index (χ3v) is 3.13. The summed E-state index contributed by atoms with van der Waals surface area (Å²) in [4.78, 5) is 0. The lowest BCUT2D eigenvalue weighted by Crippen LogP contribution is -2.14. The van der Waals surface area contributed by atoms with E-state index in [2.05, 4.69) is 6.92 Å². The number of nitrogens with two attached hydrogens (primary N) is 1. The van der Waals surface area contributed by atoms with Crippen LogP contribution < -0.4 is 5.14 Å². The van der Waals surface area contributed by atoms with Crippen molar-refractivity contribution in [3.8, 4) is 0 Å². The standard InChI is InChI=1S/C8H17NS/c1-7-2-4-8(5-3-7)6-10-9/h7-8H,2-6,9H2,1H3. The molecule has 0 aromatic carbocycles. The van der Waals surface area contributed by atoms with Crippen LogP contribution in [0.3, 0.4) is 0 Å². The zero-order chi connectivity index (χ0) is 7.40. The Bertz CT molecular complexity index is 87.3. The van der Waals surface area contributed by atoms with E-state index in [1.807, 2.05) is 0 Å². The van der Waals surface area contributed by atoms with Crippen LogP contribution in [-0.4, -0.2) is 5.75 Å². The Morgan fingerprint density at radius 2 is 1.90 bits per heavy atom. The van der Waals surface area contributed by atoms with Crippen LogP contribution in [-0.2, 0) is 0 Å². The van der Waals surface area contributed by atoms with E-state index < -0.39 is 0 Å². The van der Waals surface area contributed by atoms with Crippen LogP contribution in [0.15, 0.2) is 0 Å². The van der Waals surface area contributed by atoms with Crippen molar-refractivity contribution in [3.05, 3.63) is 0 Å². The van der Waals surface area contributed by atoms with Crippen molar-refractivity contribution in [1.29, 1.82) is 0 Å². The van der Waals surface area contributed by atoms with Gasteiger partial charge in [0.05, 0.1) is 0 Å². The lowest BCUT2D eigenvalue weighted by Gasteiger charge is -2.24. The lowest BCUT2D eigenvalue weighted by molar-refractivity contribution is 0.311. The molecule has 0 radical (unpaired) electrons. The molecule has 0 aliphatic heterocycles. The SMILES string of the molecule is CC1CCC(CSN)CC1. The molecule has 0 spiro atoms. The van der Waals surface area contributed by atoms with Crippen molar-refractivity contribution < 1.29 is 0 Å². The Morgan fingerprint density at radius 3 is 2.40 bits per heavy atom. The highest BCUT2D eigenvalue weighted by molar-refractivity contribution is 7.97. The summed E-state index contributed by atoms with van der Waals surface area (Å²) in [6.07, 6.45) is 5.66. The highest BCUT2D eigenvalue weighted by Crippen LogP contribution is 2.29. The van der Waals surface area contributed by atoms with Crippen molar-refractivity contribution in [1.82, 2.24) is 0 Å². The normalized spacial score (nSPS) is 34.2. The number of hydrogen-bond acceptors (Lipinski definition) is 2. The molecule has 60 valence electrons. The van der Waals surface area contributed by atoms with E-state index in [1.54, 1.807) is 0 Å². The van der Waals surface area contributed by atoms with Crippen molar-refractivity contribution in [2.24, 2.45) is 17.0 Å². The van der Waals surface area contributed by atoms with Gasteiger partial charge in [-0.3, -0.25) is 5.14 Å². The van der Waals surface area contributed by atoms with Gasteiger partial charge in [-0.05, 0) is 24.7 Å². The molecule has 0 aromatic heterocycles. The molecule has 0 heterocycles. The van der Waals surface area contributed by atoms with E-state index in [-0.39, 0.29) is 0 Å². The third kappa shape index (κ3) is 2.51. The zero-order valence-corrected chi connectivity index (χ0v) is 7.49. The molecule has 1 aliphatic rings. The summed E-state index contributed by atoms with van der Waals surface area (Å²) in [6, 6.07) is 0. The van der Waals surface area contributed by atoms with Gasteiger partial charge in [0.25, 0.3) is 0 Å². The Labute approximate surface area is 67.9 Å². The minimum Gasteiger partial charge on any atom is -0.278 e. The fourth-order valence-corrected chi connectivity index (χ4v) is 2.24. The molecule has 0 atom stereocenters. The molecule has 0 aromatic rings. The first kappa shape index (κ1) is 8.41. The first-order chi connectivity index (χ1) is 4.83. The Kier molecular flexibility index (Phi) is 3.57. The van der Waals surface area contributed by atoms with Gasteiger partial charge in [0.15, 0.2) is 0 Å². The summed E-state index contributed by atoms with van der Waals surface area (Å²) in [5.41, 5.74) is 0. The van der Waals surface area contributed by atoms with E-state index in [1.165, 1.54) is 43.4 Å². The molecule has 2 N–H and O–H groups in total. The smallest absolute Gasteiger partial charge is 0.0105 e.